The van der Waals surface area contributed by atoms with Gasteiger partial charge in [-0.05, 0) is 31.9 Å². The van der Waals surface area contributed by atoms with Crippen LogP contribution in [0.5, 0.6) is 0 Å². The number of hydrogen-bond acceptors (Lipinski definition) is 5. The minimum atomic E-state index is -3.75. The van der Waals surface area contributed by atoms with Crippen molar-refractivity contribution < 1.29 is 23.8 Å². The maximum absolute atomic E-state index is 12.4. The molecule has 1 aromatic carbocycles. The molecular weight excluding hydrogens is 267 g/mol. The van der Waals surface area contributed by atoms with Crippen LogP contribution < -0.4 is 0 Å². The van der Waals surface area contributed by atoms with E-state index in [1.807, 2.05) is 6.07 Å². The fraction of sp³-hybridized carbons (Fsp3) is 0.538. The predicted octanol–water partition coefficient (Wildman–Crippen LogP) is 2.61. The second-order valence-electron chi connectivity index (χ2n) is 4.09. The van der Waals surface area contributed by atoms with Gasteiger partial charge in [0.15, 0.2) is 5.85 Å². The van der Waals surface area contributed by atoms with Crippen LogP contribution in [0.3, 0.4) is 0 Å². The zero-order valence-corrected chi connectivity index (χ0v) is 12.3. The summed E-state index contributed by atoms with van der Waals surface area (Å²) < 4.78 is 22.5. The first-order chi connectivity index (χ1) is 8.96. The molecule has 2 N–H and O–H groups in total. The second kappa shape index (κ2) is 7.17. The fourth-order valence-corrected chi connectivity index (χ4v) is 3.41. The van der Waals surface area contributed by atoms with E-state index in [1.165, 1.54) is 0 Å². The van der Waals surface area contributed by atoms with Gasteiger partial charge >= 0.3 is 7.60 Å². The van der Waals surface area contributed by atoms with Gasteiger partial charge in [0, 0.05) is 0 Å². The maximum atomic E-state index is 12.4. The molecule has 0 saturated heterocycles. The Kier molecular flexibility index (Phi) is 6.17. The molecule has 0 aromatic heterocycles. The molecule has 0 amide bonds. The Morgan fingerprint density at radius 1 is 1.16 bits per heavy atom. The lowest BCUT2D eigenvalue weighted by Crippen LogP contribution is -2.22. The highest BCUT2D eigenvalue weighted by atomic mass is 31.2. The average molecular weight is 288 g/mol. The van der Waals surface area contributed by atoms with Crippen molar-refractivity contribution in [3.63, 3.8) is 0 Å². The molecule has 1 rings (SSSR count). The third-order valence-corrected chi connectivity index (χ3v) is 4.90. The van der Waals surface area contributed by atoms with Crippen molar-refractivity contribution in [2.24, 2.45) is 0 Å². The van der Waals surface area contributed by atoms with Crippen molar-refractivity contribution in [1.82, 2.24) is 0 Å². The highest BCUT2D eigenvalue weighted by Gasteiger charge is 2.40. The number of rotatable bonds is 7. The Morgan fingerprint density at radius 2 is 1.68 bits per heavy atom. The number of aliphatic hydroxyl groups excluding tert-OH is 2. The lowest BCUT2D eigenvalue weighted by Gasteiger charge is -2.26. The molecule has 19 heavy (non-hydrogen) atoms. The van der Waals surface area contributed by atoms with Crippen molar-refractivity contribution in [2.75, 3.05) is 13.2 Å². The molecule has 1 aromatic rings. The molecule has 0 saturated carbocycles. The number of aliphatic hydroxyl groups is 2. The largest absolute Gasteiger partial charge is 0.385 e. The first-order valence-corrected chi connectivity index (χ1v) is 7.88. The quantitative estimate of drug-likeness (QED) is 0.754. The average Bonchev–Trinajstić information content (AvgIpc) is 2.38. The molecule has 0 spiro atoms. The van der Waals surface area contributed by atoms with Crippen molar-refractivity contribution >= 4 is 7.60 Å². The van der Waals surface area contributed by atoms with E-state index in [9.17, 15) is 14.8 Å². The summed E-state index contributed by atoms with van der Waals surface area (Å²) in [7, 11) is -3.75. The van der Waals surface area contributed by atoms with E-state index in [1.54, 1.807) is 39.0 Å². The normalized spacial score (nSPS) is 15.2. The van der Waals surface area contributed by atoms with Gasteiger partial charge in [0.1, 0.15) is 6.10 Å². The lowest BCUT2D eigenvalue weighted by molar-refractivity contribution is 0.0397. The molecule has 0 radical (unpaired) electrons. The third kappa shape index (κ3) is 3.88. The van der Waals surface area contributed by atoms with E-state index in [2.05, 4.69) is 0 Å². The van der Waals surface area contributed by atoms with Gasteiger partial charge < -0.3 is 19.3 Å². The Morgan fingerprint density at radius 3 is 2.16 bits per heavy atom. The predicted molar refractivity (Wildman–Crippen MR) is 73.0 cm³/mol. The van der Waals surface area contributed by atoms with Gasteiger partial charge in [0.2, 0.25) is 0 Å². The van der Waals surface area contributed by atoms with Gasteiger partial charge in [-0.3, -0.25) is 4.57 Å². The minimum absolute atomic E-state index is 0.134. The van der Waals surface area contributed by atoms with Crippen LogP contribution in [-0.4, -0.2) is 29.3 Å². The van der Waals surface area contributed by atoms with Gasteiger partial charge in [0.05, 0.1) is 13.2 Å². The fourth-order valence-electron chi connectivity index (χ4n) is 1.80. The SMILES string of the molecule is CCOP(=O)(OCC)[C@H](O)[C@@H](O)c1ccccc1C. The summed E-state index contributed by atoms with van der Waals surface area (Å²) in [6, 6.07) is 7.04. The second-order valence-corrected chi connectivity index (χ2v) is 6.22. The van der Waals surface area contributed by atoms with Gasteiger partial charge in [-0.2, -0.15) is 0 Å². The molecule has 6 heteroatoms. The van der Waals surface area contributed by atoms with Gasteiger partial charge in [0.25, 0.3) is 0 Å². The van der Waals surface area contributed by atoms with Crippen molar-refractivity contribution in [1.29, 1.82) is 0 Å². The summed E-state index contributed by atoms with van der Waals surface area (Å²) in [6.07, 6.45) is -1.31. The van der Waals surface area contributed by atoms with Crippen LogP contribution in [0.15, 0.2) is 24.3 Å². The molecule has 0 fully saturated rings. The first kappa shape index (κ1) is 16.3. The van der Waals surface area contributed by atoms with Crippen LogP contribution >= 0.6 is 7.60 Å². The van der Waals surface area contributed by atoms with Crippen LogP contribution in [0.25, 0.3) is 0 Å². The summed E-state index contributed by atoms with van der Waals surface area (Å²) in [4.78, 5) is 0. The van der Waals surface area contributed by atoms with Gasteiger partial charge in [-0.15, -0.1) is 0 Å². The Balaban J connectivity index is 3.00. The zero-order valence-electron chi connectivity index (χ0n) is 11.4. The number of hydrogen-bond donors (Lipinski definition) is 2. The standard InChI is InChI=1S/C13H21O5P/c1-4-17-19(16,18-5-2)13(15)12(14)11-9-7-6-8-10(11)3/h6-9,12-15H,4-5H2,1-3H3/t12-,13-/m0/s1. The van der Waals surface area contributed by atoms with Gasteiger partial charge in [-0.25, -0.2) is 0 Å². The van der Waals surface area contributed by atoms with E-state index in [-0.39, 0.29) is 13.2 Å². The summed E-state index contributed by atoms with van der Waals surface area (Å²) in [5.41, 5.74) is 1.31. The van der Waals surface area contributed by atoms with Crippen LogP contribution in [0, 0.1) is 6.92 Å². The molecule has 2 atom stereocenters. The lowest BCUT2D eigenvalue weighted by atomic mass is 10.0. The molecule has 0 aliphatic carbocycles. The van der Waals surface area contributed by atoms with Crippen LogP contribution in [0.1, 0.15) is 31.1 Å². The highest BCUT2D eigenvalue weighted by molar-refractivity contribution is 7.54. The van der Waals surface area contributed by atoms with Crippen molar-refractivity contribution in [2.45, 2.75) is 32.7 Å². The van der Waals surface area contributed by atoms with Crippen molar-refractivity contribution in [3.8, 4) is 0 Å². The zero-order chi connectivity index (χ0) is 14.5. The number of benzene rings is 1. The maximum Gasteiger partial charge on any atom is 0.361 e. The van der Waals surface area contributed by atoms with Crippen LogP contribution in [0.4, 0.5) is 0 Å². The molecule has 0 bridgehead atoms. The molecule has 108 valence electrons. The monoisotopic (exact) mass is 288 g/mol. The molecule has 5 nitrogen and oxygen atoms in total. The molecule has 0 aliphatic heterocycles. The van der Waals surface area contributed by atoms with E-state index in [4.69, 9.17) is 9.05 Å². The van der Waals surface area contributed by atoms with Crippen LogP contribution in [0.2, 0.25) is 0 Å². The van der Waals surface area contributed by atoms with E-state index in [0.29, 0.717) is 5.56 Å². The van der Waals surface area contributed by atoms with Gasteiger partial charge in [-0.1, -0.05) is 24.3 Å². The topological polar surface area (TPSA) is 76.0 Å². The Labute approximate surface area is 113 Å². The Bertz CT molecular complexity index is 438. The molecule has 0 heterocycles. The minimum Gasteiger partial charge on any atom is -0.385 e. The summed E-state index contributed by atoms with van der Waals surface area (Å²) in [5.74, 6) is -1.60. The summed E-state index contributed by atoms with van der Waals surface area (Å²) in [6.45, 7) is 5.37. The molecule has 0 aliphatic rings. The van der Waals surface area contributed by atoms with Crippen LogP contribution in [-0.2, 0) is 13.6 Å². The van der Waals surface area contributed by atoms with E-state index in [0.717, 1.165) is 5.56 Å². The summed E-state index contributed by atoms with van der Waals surface area (Å²) in [5, 5.41) is 20.3. The van der Waals surface area contributed by atoms with E-state index < -0.39 is 19.5 Å². The summed E-state index contributed by atoms with van der Waals surface area (Å²) >= 11 is 0. The smallest absolute Gasteiger partial charge is 0.361 e. The first-order valence-electron chi connectivity index (χ1n) is 6.26. The number of aryl methyl sites for hydroxylation is 1. The van der Waals surface area contributed by atoms with Crippen molar-refractivity contribution in [3.05, 3.63) is 35.4 Å². The molecule has 0 unspecified atom stereocenters. The molecular formula is C13H21O5P. The van der Waals surface area contributed by atoms with E-state index >= 15 is 0 Å². The Hall–Kier alpha value is -0.710. The highest BCUT2D eigenvalue weighted by Crippen LogP contribution is 2.55. The third-order valence-electron chi connectivity index (χ3n) is 2.73.